The van der Waals surface area contributed by atoms with Crippen LogP contribution in [0.1, 0.15) is 34.1 Å². The molecule has 0 spiro atoms. The largest absolute Gasteiger partial charge is 0.493 e. The van der Waals surface area contributed by atoms with Crippen LogP contribution in [0.5, 0.6) is 5.75 Å². The lowest BCUT2D eigenvalue weighted by molar-refractivity contribution is 0.0957. The van der Waals surface area contributed by atoms with E-state index in [0.29, 0.717) is 25.7 Å². The Balaban J connectivity index is 1.42. The first-order valence-electron chi connectivity index (χ1n) is 8.34. The topological polar surface area (TPSA) is 88.7 Å². The van der Waals surface area contributed by atoms with Gasteiger partial charge in [0, 0.05) is 25.1 Å². The highest BCUT2D eigenvalue weighted by Crippen LogP contribution is 2.31. The van der Waals surface area contributed by atoms with Gasteiger partial charge < -0.3 is 21.1 Å². The first-order chi connectivity index (χ1) is 12.2. The minimum Gasteiger partial charge on any atom is -0.493 e. The lowest BCUT2D eigenvalue weighted by Gasteiger charge is -2.26. The van der Waals surface area contributed by atoms with Crippen molar-refractivity contribution in [1.82, 2.24) is 10.6 Å². The van der Waals surface area contributed by atoms with Crippen molar-refractivity contribution in [3.63, 3.8) is 0 Å². The van der Waals surface area contributed by atoms with Gasteiger partial charge in [-0.15, -0.1) is 11.3 Å². The van der Waals surface area contributed by atoms with Gasteiger partial charge in [0.2, 0.25) is 0 Å². The van der Waals surface area contributed by atoms with Gasteiger partial charge in [-0.25, -0.2) is 0 Å². The molecule has 0 fully saturated rings. The average molecular weight is 358 g/mol. The molecule has 1 atom stereocenters. The molecule has 1 aliphatic rings. The number of carbonyl (C=O) groups is 1. The number of ether oxygens (including phenoxy) is 1. The highest BCUT2D eigenvalue weighted by molar-refractivity contribution is 7.12. The second kappa shape index (κ2) is 8.53. The zero-order valence-electron chi connectivity index (χ0n) is 13.9. The van der Waals surface area contributed by atoms with Crippen LogP contribution in [0.3, 0.4) is 0 Å². The molecule has 132 valence electrons. The predicted octanol–water partition coefficient (Wildman–Crippen LogP) is 2.30. The molecule has 0 saturated carbocycles. The van der Waals surface area contributed by atoms with Gasteiger partial charge >= 0.3 is 0 Å². The van der Waals surface area contributed by atoms with Gasteiger partial charge in [-0.05, 0) is 23.9 Å². The molecular weight excluding hydrogens is 336 g/mol. The Labute approximate surface area is 151 Å². The second-order valence-corrected chi connectivity index (χ2v) is 6.67. The molecule has 1 aromatic carbocycles. The Morgan fingerprint density at radius 3 is 3.04 bits per heavy atom. The molecule has 7 heteroatoms. The number of benzene rings is 1. The van der Waals surface area contributed by atoms with Crippen molar-refractivity contribution in [2.24, 2.45) is 10.7 Å². The first kappa shape index (κ1) is 17.3. The van der Waals surface area contributed by atoms with E-state index < -0.39 is 0 Å². The molecule has 0 bridgehead atoms. The molecule has 1 unspecified atom stereocenters. The summed E-state index contributed by atoms with van der Waals surface area (Å²) in [5.74, 6) is 1.28. The Morgan fingerprint density at radius 2 is 2.20 bits per heavy atom. The van der Waals surface area contributed by atoms with E-state index >= 15 is 0 Å². The second-order valence-electron chi connectivity index (χ2n) is 5.73. The highest BCUT2D eigenvalue weighted by Gasteiger charge is 2.21. The number of rotatable bonds is 6. The van der Waals surface area contributed by atoms with Gasteiger partial charge in [0.05, 0.1) is 17.5 Å². The van der Waals surface area contributed by atoms with Crippen molar-refractivity contribution >= 4 is 23.2 Å². The number of aliphatic imine (C=N–C) groups is 1. The van der Waals surface area contributed by atoms with Gasteiger partial charge in [0.15, 0.2) is 5.96 Å². The Morgan fingerprint density at radius 1 is 1.32 bits per heavy atom. The van der Waals surface area contributed by atoms with Gasteiger partial charge in [-0.3, -0.25) is 9.79 Å². The average Bonchev–Trinajstić information content (AvgIpc) is 3.16. The summed E-state index contributed by atoms with van der Waals surface area (Å²) in [6.45, 7) is 1.80. The summed E-state index contributed by atoms with van der Waals surface area (Å²) in [4.78, 5) is 16.9. The van der Waals surface area contributed by atoms with E-state index in [2.05, 4.69) is 15.6 Å². The van der Waals surface area contributed by atoms with Crippen LogP contribution in [0.2, 0.25) is 0 Å². The number of amides is 1. The van der Waals surface area contributed by atoms with Crippen LogP contribution in [0.25, 0.3) is 0 Å². The van der Waals surface area contributed by atoms with Crippen LogP contribution in [0.15, 0.2) is 46.8 Å². The van der Waals surface area contributed by atoms with E-state index in [1.54, 1.807) is 0 Å². The van der Waals surface area contributed by atoms with Crippen molar-refractivity contribution in [2.75, 3.05) is 19.7 Å². The summed E-state index contributed by atoms with van der Waals surface area (Å²) in [6.07, 6.45) is 1.59. The molecule has 0 saturated heterocycles. The van der Waals surface area contributed by atoms with E-state index in [-0.39, 0.29) is 11.9 Å². The lowest BCUT2D eigenvalue weighted by Crippen LogP contribution is -2.37. The molecular formula is C18H22N4O2S. The van der Waals surface area contributed by atoms with Crippen LogP contribution in [0.4, 0.5) is 0 Å². The smallest absolute Gasteiger partial charge is 0.261 e. The van der Waals surface area contributed by atoms with E-state index in [0.717, 1.165) is 29.0 Å². The minimum absolute atomic E-state index is 0.0381. The molecule has 0 radical (unpaired) electrons. The third-order valence-electron chi connectivity index (χ3n) is 3.93. The zero-order chi connectivity index (χ0) is 17.5. The molecule has 3 rings (SSSR count). The Bertz CT molecular complexity index is 730. The van der Waals surface area contributed by atoms with Gasteiger partial charge in [-0.1, -0.05) is 24.3 Å². The van der Waals surface area contributed by atoms with Crippen LogP contribution in [-0.2, 0) is 0 Å². The zero-order valence-corrected chi connectivity index (χ0v) is 14.7. The van der Waals surface area contributed by atoms with E-state index in [1.165, 1.54) is 11.3 Å². The molecule has 0 aliphatic carbocycles. The van der Waals surface area contributed by atoms with Crippen molar-refractivity contribution < 1.29 is 9.53 Å². The minimum atomic E-state index is -0.0381. The molecule has 2 heterocycles. The maximum Gasteiger partial charge on any atom is 0.261 e. The summed E-state index contributed by atoms with van der Waals surface area (Å²) < 4.78 is 5.64. The molecule has 1 aromatic heterocycles. The summed E-state index contributed by atoms with van der Waals surface area (Å²) >= 11 is 1.43. The van der Waals surface area contributed by atoms with Crippen molar-refractivity contribution in [3.05, 3.63) is 52.2 Å². The van der Waals surface area contributed by atoms with Crippen molar-refractivity contribution in [2.45, 2.75) is 18.9 Å². The standard InChI is InChI=1S/C18H22N4O2S/c19-18(21-10-4-9-20-17(23)16-7-3-12-25-16)22-14-8-11-24-15-6-2-1-5-13(14)15/h1-3,5-7,12,14H,4,8-11H2,(H,20,23)(H3,19,21,22). The molecule has 2 aromatic rings. The van der Waals surface area contributed by atoms with Crippen molar-refractivity contribution in [3.8, 4) is 5.75 Å². The van der Waals surface area contributed by atoms with Gasteiger partial charge in [0.25, 0.3) is 5.91 Å². The number of hydrogen-bond donors (Lipinski definition) is 3. The number of nitrogens with one attached hydrogen (secondary N) is 2. The monoisotopic (exact) mass is 358 g/mol. The number of guanidine groups is 1. The van der Waals surface area contributed by atoms with Crippen LogP contribution in [0, 0.1) is 0 Å². The summed E-state index contributed by atoms with van der Waals surface area (Å²) in [7, 11) is 0. The predicted molar refractivity (Wildman–Crippen MR) is 100 cm³/mol. The van der Waals surface area contributed by atoms with Crippen molar-refractivity contribution in [1.29, 1.82) is 0 Å². The fraction of sp³-hybridized carbons (Fsp3) is 0.333. The number of para-hydroxylation sites is 1. The lowest BCUT2D eigenvalue weighted by atomic mass is 10.0. The highest BCUT2D eigenvalue weighted by atomic mass is 32.1. The Hall–Kier alpha value is -2.54. The molecule has 4 N–H and O–H groups in total. The number of nitrogens with two attached hydrogens (primary N) is 1. The third-order valence-corrected chi connectivity index (χ3v) is 4.80. The number of fused-ring (bicyclic) bond motifs is 1. The summed E-state index contributed by atoms with van der Waals surface area (Å²) in [6, 6.07) is 11.8. The van der Waals surface area contributed by atoms with Crippen LogP contribution in [-0.4, -0.2) is 31.6 Å². The molecule has 1 amide bonds. The van der Waals surface area contributed by atoms with Gasteiger partial charge in [-0.2, -0.15) is 0 Å². The van der Waals surface area contributed by atoms with Gasteiger partial charge in [0.1, 0.15) is 5.75 Å². The first-order valence-corrected chi connectivity index (χ1v) is 9.22. The summed E-state index contributed by atoms with van der Waals surface area (Å²) in [5.41, 5.74) is 7.10. The number of nitrogens with zero attached hydrogens (tertiary/aromatic N) is 1. The number of carbonyl (C=O) groups excluding carboxylic acids is 1. The molecule has 6 nitrogen and oxygen atoms in total. The fourth-order valence-electron chi connectivity index (χ4n) is 2.69. The normalized spacial score (nSPS) is 16.6. The van der Waals surface area contributed by atoms with E-state index in [9.17, 15) is 4.79 Å². The van der Waals surface area contributed by atoms with E-state index in [1.807, 2.05) is 41.8 Å². The quantitative estimate of drug-likeness (QED) is 0.420. The van der Waals surface area contributed by atoms with E-state index in [4.69, 9.17) is 10.5 Å². The summed E-state index contributed by atoms with van der Waals surface area (Å²) in [5, 5.41) is 8.03. The Kier molecular flexibility index (Phi) is 5.90. The maximum atomic E-state index is 11.8. The number of hydrogen-bond acceptors (Lipinski definition) is 4. The van der Waals surface area contributed by atoms with Crippen LogP contribution >= 0.6 is 11.3 Å². The third kappa shape index (κ3) is 4.73. The fourth-order valence-corrected chi connectivity index (χ4v) is 3.33. The maximum absolute atomic E-state index is 11.8. The SMILES string of the molecule is NC(=NCCCNC(=O)c1cccs1)NC1CCOc2ccccc21. The molecule has 25 heavy (non-hydrogen) atoms. The number of thiophene rings is 1. The van der Waals surface area contributed by atoms with Crippen LogP contribution < -0.4 is 21.1 Å². The molecule has 1 aliphatic heterocycles.